The molecule has 5 N–H and O–H groups in total. The van der Waals surface area contributed by atoms with Crippen molar-refractivity contribution >= 4 is 34.2 Å². The number of nitrogens with two attached hydrogens (primary N) is 1. The van der Waals surface area contributed by atoms with Gasteiger partial charge in [0.25, 0.3) is 0 Å². The molecule has 0 saturated heterocycles. The molecule has 7 heteroatoms. The van der Waals surface area contributed by atoms with Gasteiger partial charge in [0.1, 0.15) is 6.04 Å². The summed E-state index contributed by atoms with van der Waals surface area (Å²) < 4.78 is 0. The number of fused-ring (bicyclic) bond motifs is 1. The van der Waals surface area contributed by atoms with Crippen LogP contribution in [0.4, 0.5) is 5.69 Å². The molecular formula is C20H26N4O3. The molecule has 2 aromatic carbocycles. The smallest absolute Gasteiger partial charge is 0.246 e. The predicted molar refractivity (Wildman–Crippen MR) is 106 cm³/mol. The second-order valence-electron chi connectivity index (χ2n) is 6.37. The van der Waals surface area contributed by atoms with E-state index in [2.05, 4.69) is 16.0 Å². The number of carbonyl (C=O) groups excluding carboxylic acids is 3. The zero-order chi connectivity index (χ0) is 19.6. The molecule has 0 aromatic heterocycles. The summed E-state index contributed by atoms with van der Waals surface area (Å²) in [5.41, 5.74) is 6.18. The van der Waals surface area contributed by atoms with E-state index in [4.69, 9.17) is 5.73 Å². The minimum Gasteiger partial charge on any atom is -0.347 e. The Bertz CT molecular complexity index is 807. The fraction of sp³-hybridized carbons (Fsp3) is 0.350. The van der Waals surface area contributed by atoms with E-state index in [1.165, 1.54) is 6.92 Å². The van der Waals surface area contributed by atoms with Gasteiger partial charge in [0.05, 0.1) is 6.54 Å². The van der Waals surface area contributed by atoms with E-state index < -0.39 is 11.9 Å². The van der Waals surface area contributed by atoms with Crippen molar-refractivity contribution in [2.75, 3.05) is 18.4 Å². The highest BCUT2D eigenvalue weighted by Crippen LogP contribution is 2.19. The van der Waals surface area contributed by atoms with Gasteiger partial charge in [0.2, 0.25) is 17.7 Å². The van der Waals surface area contributed by atoms with Crippen molar-refractivity contribution in [3.8, 4) is 0 Å². The lowest BCUT2D eigenvalue weighted by molar-refractivity contribution is -0.127. The van der Waals surface area contributed by atoms with Crippen LogP contribution in [0.15, 0.2) is 42.5 Å². The molecule has 0 aliphatic rings. The van der Waals surface area contributed by atoms with Gasteiger partial charge in [-0.1, -0.05) is 30.3 Å². The average molecular weight is 370 g/mol. The lowest BCUT2D eigenvalue weighted by atomic mass is 10.1. The summed E-state index contributed by atoms with van der Waals surface area (Å²) in [5, 5.41) is 10.1. The first-order valence-electron chi connectivity index (χ1n) is 9.03. The minimum atomic E-state index is -0.690. The second kappa shape index (κ2) is 10.3. The van der Waals surface area contributed by atoms with Gasteiger partial charge in [0, 0.05) is 12.6 Å². The minimum absolute atomic E-state index is 0.161. The largest absolute Gasteiger partial charge is 0.347 e. The van der Waals surface area contributed by atoms with E-state index in [0.717, 1.165) is 17.2 Å². The molecule has 0 bridgehead atoms. The second-order valence-corrected chi connectivity index (χ2v) is 6.37. The molecule has 0 fully saturated rings. The summed E-state index contributed by atoms with van der Waals surface area (Å²) in [6, 6.07) is 12.8. The highest BCUT2D eigenvalue weighted by atomic mass is 16.2. The summed E-state index contributed by atoms with van der Waals surface area (Å²) in [5.74, 6) is -1.000. The Balaban J connectivity index is 2.03. The molecule has 1 atom stereocenters. The number of nitrogens with one attached hydrogen (secondary N) is 3. The molecule has 0 aliphatic carbocycles. The Morgan fingerprint density at radius 2 is 1.78 bits per heavy atom. The van der Waals surface area contributed by atoms with Crippen LogP contribution in [0, 0.1) is 0 Å². The number of carbonyl (C=O) groups is 3. The third kappa shape index (κ3) is 6.71. The SMILES string of the molecule is CC(=O)NCC(=O)N[C@@H](CCCCN)C(=O)Nc1ccc2ccccc2c1. The van der Waals surface area contributed by atoms with Crippen molar-refractivity contribution in [2.24, 2.45) is 5.73 Å². The molecule has 0 radical (unpaired) electrons. The topological polar surface area (TPSA) is 113 Å². The van der Waals surface area contributed by atoms with E-state index >= 15 is 0 Å². The number of amides is 3. The van der Waals surface area contributed by atoms with Crippen molar-refractivity contribution in [2.45, 2.75) is 32.2 Å². The molecule has 7 nitrogen and oxygen atoms in total. The highest BCUT2D eigenvalue weighted by Gasteiger charge is 2.20. The van der Waals surface area contributed by atoms with Crippen LogP contribution in [0.25, 0.3) is 10.8 Å². The molecule has 0 spiro atoms. The molecule has 2 rings (SSSR count). The Labute approximate surface area is 158 Å². The number of anilines is 1. The lowest BCUT2D eigenvalue weighted by Gasteiger charge is -2.19. The van der Waals surface area contributed by atoms with Gasteiger partial charge < -0.3 is 21.7 Å². The monoisotopic (exact) mass is 370 g/mol. The number of hydrogen-bond acceptors (Lipinski definition) is 4. The van der Waals surface area contributed by atoms with Gasteiger partial charge in [-0.3, -0.25) is 14.4 Å². The van der Waals surface area contributed by atoms with E-state index in [0.29, 0.717) is 25.1 Å². The molecule has 3 amide bonds. The van der Waals surface area contributed by atoms with Crippen molar-refractivity contribution in [3.05, 3.63) is 42.5 Å². The fourth-order valence-electron chi connectivity index (χ4n) is 2.71. The third-order valence-corrected chi connectivity index (χ3v) is 4.11. The van der Waals surface area contributed by atoms with Gasteiger partial charge in [-0.05, 0) is 48.7 Å². The lowest BCUT2D eigenvalue weighted by Crippen LogP contribution is -2.47. The van der Waals surface area contributed by atoms with Crippen LogP contribution in [-0.4, -0.2) is 36.9 Å². The van der Waals surface area contributed by atoms with Crippen molar-refractivity contribution in [1.82, 2.24) is 10.6 Å². The first kappa shape index (κ1) is 20.4. The fourth-order valence-corrected chi connectivity index (χ4v) is 2.71. The van der Waals surface area contributed by atoms with Gasteiger partial charge in [-0.2, -0.15) is 0 Å². The molecular weight excluding hydrogens is 344 g/mol. The maximum atomic E-state index is 12.7. The third-order valence-electron chi connectivity index (χ3n) is 4.11. The van der Waals surface area contributed by atoms with E-state index in [1.807, 2.05) is 42.5 Å². The maximum absolute atomic E-state index is 12.7. The average Bonchev–Trinajstić information content (AvgIpc) is 2.65. The van der Waals surface area contributed by atoms with Crippen LogP contribution >= 0.6 is 0 Å². The molecule has 2 aromatic rings. The van der Waals surface area contributed by atoms with Gasteiger partial charge in [-0.15, -0.1) is 0 Å². The molecule has 0 heterocycles. The first-order valence-corrected chi connectivity index (χ1v) is 9.03. The molecule has 0 unspecified atom stereocenters. The van der Waals surface area contributed by atoms with Crippen LogP contribution in [0.5, 0.6) is 0 Å². The zero-order valence-corrected chi connectivity index (χ0v) is 15.5. The maximum Gasteiger partial charge on any atom is 0.246 e. The van der Waals surface area contributed by atoms with Gasteiger partial charge in [-0.25, -0.2) is 0 Å². The Hall–Kier alpha value is -2.93. The van der Waals surface area contributed by atoms with Crippen molar-refractivity contribution < 1.29 is 14.4 Å². The number of rotatable bonds is 9. The Morgan fingerprint density at radius 3 is 2.48 bits per heavy atom. The van der Waals surface area contributed by atoms with Crippen LogP contribution in [0.3, 0.4) is 0 Å². The molecule has 0 saturated carbocycles. The van der Waals surface area contributed by atoms with Crippen LogP contribution in [0.2, 0.25) is 0 Å². The number of benzene rings is 2. The highest BCUT2D eigenvalue weighted by molar-refractivity contribution is 5.99. The van der Waals surface area contributed by atoms with E-state index in [1.54, 1.807) is 0 Å². The van der Waals surface area contributed by atoms with Crippen LogP contribution in [0.1, 0.15) is 26.2 Å². The zero-order valence-electron chi connectivity index (χ0n) is 15.5. The van der Waals surface area contributed by atoms with Crippen LogP contribution in [-0.2, 0) is 14.4 Å². The first-order chi connectivity index (χ1) is 13.0. The number of unbranched alkanes of at least 4 members (excludes halogenated alkanes) is 1. The van der Waals surface area contributed by atoms with E-state index in [9.17, 15) is 14.4 Å². The molecule has 27 heavy (non-hydrogen) atoms. The van der Waals surface area contributed by atoms with Crippen molar-refractivity contribution in [1.29, 1.82) is 0 Å². The van der Waals surface area contributed by atoms with E-state index in [-0.39, 0.29) is 18.4 Å². The summed E-state index contributed by atoms with van der Waals surface area (Å²) in [7, 11) is 0. The van der Waals surface area contributed by atoms with Crippen LogP contribution < -0.4 is 21.7 Å². The summed E-state index contributed by atoms with van der Waals surface area (Å²) in [6.07, 6.45) is 1.95. The summed E-state index contributed by atoms with van der Waals surface area (Å²) in [6.45, 7) is 1.70. The summed E-state index contributed by atoms with van der Waals surface area (Å²) >= 11 is 0. The Kier molecular flexibility index (Phi) is 7.76. The standard InChI is InChI=1S/C20H26N4O3/c1-14(25)22-13-19(26)24-18(8-4-5-11-21)20(27)23-17-10-9-15-6-2-3-7-16(15)12-17/h2-3,6-7,9-10,12,18H,4-5,8,11,13,21H2,1H3,(H,22,25)(H,23,27)(H,24,26)/t18-/m0/s1. The van der Waals surface area contributed by atoms with Gasteiger partial charge in [0.15, 0.2) is 0 Å². The normalized spacial score (nSPS) is 11.6. The summed E-state index contributed by atoms with van der Waals surface area (Å²) in [4.78, 5) is 35.6. The molecule has 144 valence electrons. The van der Waals surface area contributed by atoms with Gasteiger partial charge >= 0.3 is 0 Å². The quantitative estimate of drug-likeness (QED) is 0.501. The molecule has 0 aliphatic heterocycles. The predicted octanol–water partition coefficient (Wildman–Crippen LogP) is 1.53. The number of hydrogen-bond donors (Lipinski definition) is 4. The van der Waals surface area contributed by atoms with Crippen molar-refractivity contribution in [3.63, 3.8) is 0 Å². The Morgan fingerprint density at radius 1 is 1.04 bits per heavy atom.